The van der Waals surface area contributed by atoms with Gasteiger partial charge >= 0.3 is 0 Å². The van der Waals surface area contributed by atoms with Gasteiger partial charge in [0.25, 0.3) is 0 Å². The van der Waals surface area contributed by atoms with Gasteiger partial charge in [-0.05, 0) is 29.7 Å². The fourth-order valence-corrected chi connectivity index (χ4v) is 2.81. The van der Waals surface area contributed by atoms with Crippen molar-refractivity contribution >= 4 is 51.3 Å². The van der Waals surface area contributed by atoms with Crippen molar-refractivity contribution in [1.29, 1.82) is 0 Å². The minimum Gasteiger partial charge on any atom is -0.375 e. The summed E-state index contributed by atoms with van der Waals surface area (Å²) in [6, 6.07) is 18.8. The van der Waals surface area contributed by atoms with Gasteiger partial charge in [0.2, 0.25) is 5.91 Å². The van der Waals surface area contributed by atoms with E-state index in [9.17, 15) is 4.79 Å². The van der Waals surface area contributed by atoms with Crippen molar-refractivity contribution in [2.45, 2.75) is 0 Å². The predicted octanol–water partition coefficient (Wildman–Crippen LogP) is 5.20. The van der Waals surface area contributed by atoms with Gasteiger partial charge in [0.1, 0.15) is 0 Å². The molecule has 0 saturated carbocycles. The number of anilines is 2. The average Bonchev–Trinajstić information content (AvgIpc) is 2.54. The van der Waals surface area contributed by atoms with E-state index >= 15 is 0 Å². The average molecular weight is 345 g/mol. The van der Waals surface area contributed by atoms with E-state index in [2.05, 4.69) is 10.6 Å². The quantitative estimate of drug-likeness (QED) is 0.683. The number of halogens is 2. The Labute approximate surface area is 144 Å². The predicted molar refractivity (Wildman–Crippen MR) is 97.5 cm³/mol. The summed E-state index contributed by atoms with van der Waals surface area (Å²) in [7, 11) is 0. The molecule has 0 fully saturated rings. The Balaban J connectivity index is 1.69. The van der Waals surface area contributed by atoms with Crippen LogP contribution in [0.5, 0.6) is 0 Å². The summed E-state index contributed by atoms with van der Waals surface area (Å²) in [4.78, 5) is 12.2. The normalized spacial score (nSPS) is 10.5. The van der Waals surface area contributed by atoms with Crippen LogP contribution in [0, 0.1) is 0 Å². The summed E-state index contributed by atoms with van der Waals surface area (Å²) >= 11 is 11.9. The molecule has 3 aromatic rings. The standard InChI is InChI=1S/C18H14Cl2N2O/c19-13-8-9-17(15(20)10-13)21-11-18(23)22-16-7-3-5-12-4-1-2-6-14(12)16/h1-10,21H,11H2,(H,22,23). The summed E-state index contributed by atoms with van der Waals surface area (Å²) in [6.07, 6.45) is 0. The number of carbonyl (C=O) groups is 1. The topological polar surface area (TPSA) is 41.1 Å². The summed E-state index contributed by atoms with van der Waals surface area (Å²) < 4.78 is 0. The van der Waals surface area contributed by atoms with Crippen LogP contribution in [0.25, 0.3) is 10.8 Å². The molecular formula is C18H14Cl2N2O. The van der Waals surface area contributed by atoms with Gasteiger partial charge in [0, 0.05) is 16.1 Å². The van der Waals surface area contributed by atoms with E-state index in [0.29, 0.717) is 15.7 Å². The van der Waals surface area contributed by atoms with Crippen LogP contribution in [0.2, 0.25) is 10.0 Å². The van der Waals surface area contributed by atoms with Gasteiger partial charge in [0.15, 0.2) is 0 Å². The number of benzene rings is 3. The molecule has 23 heavy (non-hydrogen) atoms. The van der Waals surface area contributed by atoms with E-state index in [1.807, 2.05) is 42.5 Å². The summed E-state index contributed by atoms with van der Waals surface area (Å²) in [6.45, 7) is 0.116. The molecule has 3 rings (SSSR count). The molecule has 0 radical (unpaired) electrons. The first-order valence-electron chi connectivity index (χ1n) is 7.10. The monoisotopic (exact) mass is 344 g/mol. The van der Waals surface area contributed by atoms with E-state index in [4.69, 9.17) is 23.2 Å². The fourth-order valence-electron chi connectivity index (χ4n) is 2.34. The molecule has 0 atom stereocenters. The number of carbonyl (C=O) groups excluding carboxylic acids is 1. The Morgan fingerprint density at radius 1 is 0.913 bits per heavy atom. The minimum absolute atomic E-state index is 0.116. The molecule has 0 heterocycles. The Bertz CT molecular complexity index is 859. The van der Waals surface area contributed by atoms with Crippen LogP contribution in [0.1, 0.15) is 0 Å². The Hall–Kier alpha value is -2.23. The van der Waals surface area contributed by atoms with Crippen molar-refractivity contribution in [2.24, 2.45) is 0 Å². The molecule has 0 unspecified atom stereocenters. The zero-order chi connectivity index (χ0) is 16.2. The second-order valence-corrected chi connectivity index (χ2v) is 5.90. The van der Waals surface area contributed by atoms with Crippen molar-refractivity contribution in [3.8, 4) is 0 Å². The third-order valence-corrected chi connectivity index (χ3v) is 3.98. The zero-order valence-electron chi connectivity index (χ0n) is 12.1. The molecule has 3 nitrogen and oxygen atoms in total. The Morgan fingerprint density at radius 2 is 1.70 bits per heavy atom. The lowest BCUT2D eigenvalue weighted by molar-refractivity contribution is -0.114. The number of fused-ring (bicyclic) bond motifs is 1. The van der Waals surface area contributed by atoms with E-state index in [1.165, 1.54) is 0 Å². The first kappa shape index (κ1) is 15.7. The van der Waals surface area contributed by atoms with Crippen molar-refractivity contribution < 1.29 is 4.79 Å². The van der Waals surface area contributed by atoms with E-state index in [1.54, 1.807) is 18.2 Å². The number of hydrogen-bond acceptors (Lipinski definition) is 2. The van der Waals surface area contributed by atoms with Crippen molar-refractivity contribution in [3.05, 3.63) is 70.7 Å². The van der Waals surface area contributed by atoms with Gasteiger partial charge in [-0.1, -0.05) is 59.6 Å². The van der Waals surface area contributed by atoms with Crippen molar-refractivity contribution in [2.75, 3.05) is 17.2 Å². The third-order valence-electron chi connectivity index (χ3n) is 3.43. The second kappa shape index (κ2) is 6.90. The number of hydrogen-bond donors (Lipinski definition) is 2. The van der Waals surface area contributed by atoms with Crippen molar-refractivity contribution in [3.63, 3.8) is 0 Å². The van der Waals surface area contributed by atoms with Gasteiger partial charge in [-0.2, -0.15) is 0 Å². The molecule has 5 heteroatoms. The van der Waals surface area contributed by atoms with Gasteiger partial charge in [-0.25, -0.2) is 0 Å². The summed E-state index contributed by atoms with van der Waals surface area (Å²) in [5.41, 5.74) is 1.46. The fraction of sp³-hybridized carbons (Fsp3) is 0.0556. The van der Waals surface area contributed by atoms with E-state index < -0.39 is 0 Å². The maximum Gasteiger partial charge on any atom is 0.243 e. The molecule has 2 N–H and O–H groups in total. The molecule has 116 valence electrons. The Kier molecular flexibility index (Phi) is 4.70. The van der Waals surface area contributed by atoms with Crippen molar-refractivity contribution in [1.82, 2.24) is 0 Å². The lowest BCUT2D eigenvalue weighted by Crippen LogP contribution is -2.22. The lowest BCUT2D eigenvalue weighted by Gasteiger charge is -2.11. The molecule has 1 amide bonds. The number of amides is 1. The Morgan fingerprint density at radius 3 is 2.52 bits per heavy atom. The largest absolute Gasteiger partial charge is 0.375 e. The first-order valence-corrected chi connectivity index (χ1v) is 7.85. The molecule has 0 aromatic heterocycles. The van der Waals surface area contributed by atoms with E-state index in [0.717, 1.165) is 16.5 Å². The van der Waals surface area contributed by atoms with Crippen LogP contribution in [0.3, 0.4) is 0 Å². The molecular weight excluding hydrogens is 331 g/mol. The highest BCUT2D eigenvalue weighted by atomic mass is 35.5. The molecule has 0 spiro atoms. The lowest BCUT2D eigenvalue weighted by atomic mass is 10.1. The molecule has 0 aliphatic carbocycles. The number of rotatable bonds is 4. The smallest absolute Gasteiger partial charge is 0.243 e. The van der Waals surface area contributed by atoms with Gasteiger partial charge in [-0.3, -0.25) is 4.79 Å². The molecule has 0 aliphatic rings. The van der Waals surface area contributed by atoms with Crippen LogP contribution in [-0.2, 0) is 4.79 Å². The molecule has 3 aromatic carbocycles. The SMILES string of the molecule is O=C(CNc1ccc(Cl)cc1Cl)Nc1cccc2ccccc12. The summed E-state index contributed by atoms with van der Waals surface area (Å²) in [5.74, 6) is -0.146. The highest BCUT2D eigenvalue weighted by Crippen LogP contribution is 2.25. The molecule has 0 bridgehead atoms. The van der Waals surface area contributed by atoms with Gasteiger partial charge in [-0.15, -0.1) is 0 Å². The van der Waals surface area contributed by atoms with Crippen LogP contribution in [0.15, 0.2) is 60.7 Å². The molecule has 0 saturated heterocycles. The number of nitrogens with one attached hydrogen (secondary N) is 2. The summed E-state index contributed by atoms with van der Waals surface area (Å²) in [5, 5.41) is 9.05. The van der Waals surface area contributed by atoms with Gasteiger partial charge in [0.05, 0.1) is 17.3 Å². The molecule has 0 aliphatic heterocycles. The third kappa shape index (κ3) is 3.76. The zero-order valence-corrected chi connectivity index (χ0v) is 13.7. The van der Waals surface area contributed by atoms with E-state index in [-0.39, 0.29) is 12.5 Å². The maximum atomic E-state index is 12.2. The van der Waals surface area contributed by atoms with Crippen LogP contribution in [-0.4, -0.2) is 12.5 Å². The van der Waals surface area contributed by atoms with Crippen LogP contribution in [0.4, 0.5) is 11.4 Å². The minimum atomic E-state index is -0.146. The van der Waals surface area contributed by atoms with Gasteiger partial charge < -0.3 is 10.6 Å². The van der Waals surface area contributed by atoms with Crippen LogP contribution < -0.4 is 10.6 Å². The highest BCUT2D eigenvalue weighted by Gasteiger charge is 2.07. The first-order chi connectivity index (χ1) is 11.1. The second-order valence-electron chi connectivity index (χ2n) is 5.05. The van der Waals surface area contributed by atoms with Crippen LogP contribution >= 0.6 is 23.2 Å². The maximum absolute atomic E-state index is 12.2. The highest BCUT2D eigenvalue weighted by molar-refractivity contribution is 6.36.